The van der Waals surface area contributed by atoms with Crippen molar-refractivity contribution >= 4 is 56.0 Å². The Labute approximate surface area is 181 Å². The molecule has 5 nitrogen and oxygen atoms in total. The maximum atomic E-state index is 12.4. The maximum absolute atomic E-state index is 12.4. The van der Waals surface area contributed by atoms with E-state index in [0.29, 0.717) is 11.5 Å². The average Bonchev–Trinajstić information content (AvgIpc) is 3.13. The van der Waals surface area contributed by atoms with Crippen molar-refractivity contribution in [1.29, 1.82) is 0 Å². The summed E-state index contributed by atoms with van der Waals surface area (Å²) in [5.41, 5.74) is 4.59. The van der Waals surface area contributed by atoms with E-state index >= 15 is 0 Å². The number of nitrogens with one attached hydrogen (secondary N) is 2. The predicted molar refractivity (Wildman–Crippen MR) is 122 cm³/mol. The number of carbonyl (C=O) groups excluding carboxylic acids is 1. The molecular formula is C22H16BrN3O2S. The summed E-state index contributed by atoms with van der Waals surface area (Å²) in [4.78, 5) is 16.9. The standard InChI is InChI=1S/C22H16BrN3O2S/c1-13-16(21-24-18-9-2-3-11-19(18)28-21)8-5-10-17(13)25-22(29)26-20(27)14-6-4-7-15(23)12-14/h2-12H,1H3,(H2,25,26,27,29). The van der Waals surface area contributed by atoms with Crippen molar-refractivity contribution in [3.63, 3.8) is 0 Å². The molecule has 1 aromatic heterocycles. The highest BCUT2D eigenvalue weighted by molar-refractivity contribution is 9.10. The number of aromatic nitrogens is 1. The Morgan fingerprint density at radius 1 is 1.07 bits per heavy atom. The minimum absolute atomic E-state index is 0.216. The first-order valence-corrected chi connectivity index (χ1v) is 10.0. The number of anilines is 1. The molecule has 0 aliphatic heterocycles. The molecule has 0 radical (unpaired) electrons. The molecule has 0 fully saturated rings. The number of benzene rings is 3. The number of para-hydroxylation sites is 2. The third-order valence-electron chi connectivity index (χ3n) is 4.42. The Morgan fingerprint density at radius 2 is 1.86 bits per heavy atom. The number of hydrogen-bond donors (Lipinski definition) is 2. The molecule has 0 atom stereocenters. The van der Waals surface area contributed by atoms with Crippen LogP contribution in [0.2, 0.25) is 0 Å². The van der Waals surface area contributed by atoms with E-state index in [9.17, 15) is 4.79 Å². The summed E-state index contributed by atoms with van der Waals surface area (Å²) in [5.74, 6) is 0.257. The molecule has 1 heterocycles. The number of thiocarbonyl (C=S) groups is 1. The molecule has 1 amide bonds. The van der Waals surface area contributed by atoms with Crippen molar-refractivity contribution in [2.24, 2.45) is 0 Å². The zero-order chi connectivity index (χ0) is 20.4. The molecule has 0 saturated carbocycles. The van der Waals surface area contributed by atoms with Gasteiger partial charge in [0.05, 0.1) is 0 Å². The highest BCUT2D eigenvalue weighted by Crippen LogP contribution is 2.30. The summed E-state index contributed by atoms with van der Waals surface area (Å²) in [6, 6.07) is 20.4. The molecule has 3 aromatic carbocycles. The fraction of sp³-hybridized carbons (Fsp3) is 0.0455. The van der Waals surface area contributed by atoms with Gasteiger partial charge in [-0.05, 0) is 67.2 Å². The summed E-state index contributed by atoms with van der Waals surface area (Å²) in [5, 5.41) is 6.00. The van der Waals surface area contributed by atoms with Crippen LogP contribution in [0, 0.1) is 6.92 Å². The van der Waals surface area contributed by atoms with Gasteiger partial charge in [-0.1, -0.05) is 40.2 Å². The van der Waals surface area contributed by atoms with Crippen molar-refractivity contribution < 1.29 is 9.21 Å². The molecule has 29 heavy (non-hydrogen) atoms. The minimum atomic E-state index is -0.281. The lowest BCUT2D eigenvalue weighted by molar-refractivity contribution is 0.0977. The van der Waals surface area contributed by atoms with Gasteiger partial charge < -0.3 is 9.73 Å². The van der Waals surface area contributed by atoms with Gasteiger partial charge in [0.2, 0.25) is 5.89 Å². The second-order valence-electron chi connectivity index (χ2n) is 6.38. The number of amides is 1. The van der Waals surface area contributed by atoms with E-state index in [-0.39, 0.29) is 11.0 Å². The Balaban J connectivity index is 1.54. The second-order valence-corrected chi connectivity index (χ2v) is 7.71. The number of nitrogens with zero attached hydrogens (tertiary/aromatic N) is 1. The summed E-state index contributed by atoms with van der Waals surface area (Å²) in [7, 11) is 0. The van der Waals surface area contributed by atoms with Crippen LogP contribution in [0.5, 0.6) is 0 Å². The quantitative estimate of drug-likeness (QED) is 0.380. The van der Waals surface area contributed by atoms with Gasteiger partial charge in [-0.3, -0.25) is 10.1 Å². The van der Waals surface area contributed by atoms with Gasteiger partial charge in [0, 0.05) is 21.3 Å². The zero-order valence-electron chi connectivity index (χ0n) is 15.4. The lowest BCUT2D eigenvalue weighted by atomic mass is 10.1. The van der Waals surface area contributed by atoms with E-state index in [1.807, 2.05) is 55.5 Å². The number of oxazole rings is 1. The third-order valence-corrected chi connectivity index (χ3v) is 5.12. The van der Waals surface area contributed by atoms with Crippen LogP contribution >= 0.6 is 28.1 Å². The first-order chi connectivity index (χ1) is 14.0. The van der Waals surface area contributed by atoms with Gasteiger partial charge in [-0.2, -0.15) is 0 Å². The van der Waals surface area contributed by atoms with Crippen LogP contribution in [0.1, 0.15) is 15.9 Å². The Hall–Kier alpha value is -3.03. The van der Waals surface area contributed by atoms with E-state index in [0.717, 1.165) is 32.4 Å². The van der Waals surface area contributed by atoms with Crippen molar-refractivity contribution in [3.8, 4) is 11.5 Å². The number of fused-ring (bicyclic) bond motifs is 1. The molecule has 0 bridgehead atoms. The first kappa shape index (κ1) is 19.3. The number of carbonyl (C=O) groups is 1. The molecule has 0 saturated heterocycles. The predicted octanol–water partition coefficient (Wildman–Crippen LogP) is 5.69. The van der Waals surface area contributed by atoms with Crippen LogP contribution in [0.25, 0.3) is 22.6 Å². The van der Waals surface area contributed by atoms with Crippen LogP contribution < -0.4 is 10.6 Å². The van der Waals surface area contributed by atoms with Gasteiger partial charge in [-0.15, -0.1) is 0 Å². The number of hydrogen-bond acceptors (Lipinski definition) is 4. The van der Waals surface area contributed by atoms with Crippen molar-refractivity contribution in [3.05, 3.63) is 82.3 Å². The Bertz CT molecular complexity index is 1200. The zero-order valence-corrected chi connectivity index (χ0v) is 17.8. The Morgan fingerprint density at radius 3 is 2.66 bits per heavy atom. The van der Waals surface area contributed by atoms with E-state index < -0.39 is 0 Å². The van der Waals surface area contributed by atoms with E-state index in [1.165, 1.54) is 0 Å². The van der Waals surface area contributed by atoms with E-state index in [4.69, 9.17) is 16.6 Å². The van der Waals surface area contributed by atoms with Crippen molar-refractivity contribution in [2.75, 3.05) is 5.32 Å². The van der Waals surface area contributed by atoms with Crippen LogP contribution in [0.4, 0.5) is 5.69 Å². The molecule has 2 N–H and O–H groups in total. The number of rotatable bonds is 3. The second kappa shape index (κ2) is 8.14. The molecule has 4 aromatic rings. The highest BCUT2D eigenvalue weighted by Gasteiger charge is 2.14. The molecule has 0 aliphatic rings. The smallest absolute Gasteiger partial charge is 0.257 e. The molecule has 7 heteroatoms. The van der Waals surface area contributed by atoms with Gasteiger partial charge in [-0.25, -0.2) is 4.98 Å². The average molecular weight is 466 g/mol. The van der Waals surface area contributed by atoms with E-state index in [2.05, 4.69) is 31.5 Å². The third kappa shape index (κ3) is 4.21. The van der Waals surface area contributed by atoms with Crippen molar-refractivity contribution in [2.45, 2.75) is 6.92 Å². The van der Waals surface area contributed by atoms with Gasteiger partial charge >= 0.3 is 0 Å². The van der Waals surface area contributed by atoms with Crippen molar-refractivity contribution in [1.82, 2.24) is 10.3 Å². The Kier molecular flexibility index (Phi) is 5.42. The fourth-order valence-corrected chi connectivity index (χ4v) is 3.55. The lowest BCUT2D eigenvalue weighted by Gasteiger charge is -2.13. The van der Waals surface area contributed by atoms with Gasteiger partial charge in [0.1, 0.15) is 5.52 Å². The van der Waals surface area contributed by atoms with E-state index in [1.54, 1.807) is 18.2 Å². The largest absolute Gasteiger partial charge is 0.436 e. The summed E-state index contributed by atoms with van der Waals surface area (Å²) >= 11 is 8.68. The molecule has 0 spiro atoms. The van der Waals surface area contributed by atoms with Gasteiger partial charge in [0.25, 0.3) is 5.91 Å². The summed E-state index contributed by atoms with van der Waals surface area (Å²) in [6.45, 7) is 1.95. The summed E-state index contributed by atoms with van der Waals surface area (Å²) < 4.78 is 6.71. The minimum Gasteiger partial charge on any atom is -0.436 e. The molecule has 144 valence electrons. The molecule has 4 rings (SSSR count). The lowest BCUT2D eigenvalue weighted by Crippen LogP contribution is -2.34. The van der Waals surface area contributed by atoms with Crippen LogP contribution in [-0.2, 0) is 0 Å². The summed E-state index contributed by atoms with van der Waals surface area (Å²) in [6.07, 6.45) is 0. The van der Waals surface area contributed by atoms with Gasteiger partial charge in [0.15, 0.2) is 10.7 Å². The SMILES string of the molecule is Cc1c(NC(=S)NC(=O)c2cccc(Br)c2)cccc1-c1nc2ccccc2o1. The maximum Gasteiger partial charge on any atom is 0.257 e. The van der Waals surface area contributed by atoms with Crippen LogP contribution in [0.3, 0.4) is 0 Å². The monoisotopic (exact) mass is 465 g/mol. The first-order valence-electron chi connectivity index (χ1n) is 8.85. The topological polar surface area (TPSA) is 67.2 Å². The molecule has 0 unspecified atom stereocenters. The fourth-order valence-electron chi connectivity index (χ4n) is 2.95. The van der Waals surface area contributed by atoms with Crippen LogP contribution in [0.15, 0.2) is 75.6 Å². The molecule has 0 aliphatic carbocycles. The van der Waals surface area contributed by atoms with Crippen LogP contribution in [-0.4, -0.2) is 16.0 Å². The molecular weight excluding hydrogens is 450 g/mol. The number of halogens is 1. The highest BCUT2D eigenvalue weighted by atomic mass is 79.9. The normalized spacial score (nSPS) is 10.7.